The molecule has 0 unspecified atom stereocenters. The highest BCUT2D eigenvalue weighted by Gasteiger charge is 2.19. The van der Waals surface area contributed by atoms with E-state index in [1.54, 1.807) is 12.4 Å². The molecule has 0 aliphatic heterocycles. The summed E-state index contributed by atoms with van der Waals surface area (Å²) in [5, 5.41) is 4.73. The van der Waals surface area contributed by atoms with Crippen LogP contribution in [-0.2, 0) is 0 Å². The number of aromatic nitrogens is 3. The van der Waals surface area contributed by atoms with Gasteiger partial charge in [-0.3, -0.25) is 4.98 Å². The Morgan fingerprint density at radius 2 is 1.78 bits per heavy atom. The summed E-state index contributed by atoms with van der Waals surface area (Å²) in [6.45, 7) is 2.10. The number of hydrogen-bond acceptors (Lipinski definition) is 5. The van der Waals surface area contributed by atoms with Crippen LogP contribution < -0.4 is 11.1 Å². The molecule has 1 aromatic carbocycles. The van der Waals surface area contributed by atoms with E-state index in [0.29, 0.717) is 17.9 Å². The highest BCUT2D eigenvalue weighted by atomic mass is 15.1. The van der Waals surface area contributed by atoms with Crippen LogP contribution in [0.5, 0.6) is 0 Å². The van der Waals surface area contributed by atoms with Gasteiger partial charge >= 0.3 is 0 Å². The molecule has 0 saturated heterocycles. The van der Waals surface area contributed by atoms with Crippen LogP contribution in [0.2, 0.25) is 0 Å². The van der Waals surface area contributed by atoms with Gasteiger partial charge in [-0.25, -0.2) is 9.97 Å². The first-order valence-corrected chi connectivity index (χ1v) is 9.56. The lowest BCUT2D eigenvalue weighted by molar-refractivity contribution is 0.410. The molecule has 2 heterocycles. The average Bonchev–Trinajstić information content (AvgIpc) is 2.69. The van der Waals surface area contributed by atoms with Crippen molar-refractivity contribution in [3.05, 3.63) is 59.7 Å². The largest absolute Gasteiger partial charge is 0.367 e. The average molecular weight is 359 g/mol. The summed E-state index contributed by atoms with van der Waals surface area (Å²) in [5.41, 5.74) is 9.30. The maximum Gasteiger partial charge on any atom is 0.154 e. The quantitative estimate of drug-likeness (QED) is 0.730. The molecule has 5 heteroatoms. The summed E-state index contributed by atoms with van der Waals surface area (Å²) in [4.78, 5) is 13.6. The van der Waals surface area contributed by atoms with Gasteiger partial charge in [0, 0.05) is 29.9 Å². The Balaban J connectivity index is 1.67. The molecule has 27 heavy (non-hydrogen) atoms. The normalized spacial score (nSPS) is 20.2. The SMILES string of the molecule is Cc1ccc2nc(/C=C/c3ccncc3)nc(NC3CCC(N)CC3)c2c1. The Bertz CT molecular complexity index is 944. The number of nitrogens with zero attached hydrogens (tertiary/aromatic N) is 3. The predicted molar refractivity (Wildman–Crippen MR) is 111 cm³/mol. The van der Waals surface area contributed by atoms with E-state index >= 15 is 0 Å². The van der Waals surface area contributed by atoms with Gasteiger partial charge in [-0.1, -0.05) is 17.7 Å². The molecule has 1 fully saturated rings. The maximum atomic E-state index is 6.05. The van der Waals surface area contributed by atoms with Crippen molar-refractivity contribution >= 4 is 28.9 Å². The number of hydrogen-bond donors (Lipinski definition) is 2. The lowest BCUT2D eigenvalue weighted by atomic mass is 9.92. The van der Waals surface area contributed by atoms with Crippen LogP contribution in [0.4, 0.5) is 5.82 Å². The number of nitrogens with two attached hydrogens (primary N) is 1. The molecule has 138 valence electrons. The Labute approximate surface area is 159 Å². The number of pyridine rings is 1. The van der Waals surface area contributed by atoms with Crippen LogP contribution in [0.1, 0.15) is 42.6 Å². The van der Waals surface area contributed by atoms with Crippen LogP contribution in [0.3, 0.4) is 0 Å². The van der Waals surface area contributed by atoms with E-state index in [4.69, 9.17) is 15.7 Å². The number of anilines is 1. The molecule has 3 aromatic rings. The van der Waals surface area contributed by atoms with E-state index in [2.05, 4.69) is 35.4 Å². The van der Waals surface area contributed by atoms with Crippen LogP contribution in [0.25, 0.3) is 23.1 Å². The lowest BCUT2D eigenvalue weighted by Crippen LogP contribution is -2.33. The van der Waals surface area contributed by atoms with Gasteiger partial charge in [0.2, 0.25) is 0 Å². The van der Waals surface area contributed by atoms with E-state index in [1.165, 1.54) is 5.56 Å². The van der Waals surface area contributed by atoms with Crippen molar-refractivity contribution < 1.29 is 0 Å². The number of rotatable bonds is 4. The van der Waals surface area contributed by atoms with Gasteiger partial charge in [0.1, 0.15) is 5.82 Å². The number of aryl methyl sites for hydroxylation is 1. The highest BCUT2D eigenvalue weighted by Crippen LogP contribution is 2.26. The first-order valence-electron chi connectivity index (χ1n) is 9.56. The van der Waals surface area contributed by atoms with Crippen LogP contribution >= 0.6 is 0 Å². The van der Waals surface area contributed by atoms with Gasteiger partial charge < -0.3 is 11.1 Å². The van der Waals surface area contributed by atoms with E-state index in [1.807, 2.05) is 24.3 Å². The van der Waals surface area contributed by atoms with Crippen LogP contribution in [0, 0.1) is 6.92 Å². The van der Waals surface area contributed by atoms with Gasteiger partial charge in [0.25, 0.3) is 0 Å². The van der Waals surface area contributed by atoms with Crippen molar-refractivity contribution in [3.8, 4) is 0 Å². The molecule has 2 aromatic heterocycles. The molecule has 0 radical (unpaired) electrons. The maximum absolute atomic E-state index is 6.05. The molecule has 5 nitrogen and oxygen atoms in total. The third kappa shape index (κ3) is 4.31. The molecule has 1 saturated carbocycles. The fraction of sp³-hybridized carbons (Fsp3) is 0.318. The van der Waals surface area contributed by atoms with E-state index in [9.17, 15) is 0 Å². The van der Waals surface area contributed by atoms with Crippen molar-refractivity contribution in [2.45, 2.75) is 44.7 Å². The summed E-state index contributed by atoms with van der Waals surface area (Å²) in [5.74, 6) is 1.62. The molecule has 1 aliphatic rings. The zero-order chi connectivity index (χ0) is 18.6. The zero-order valence-corrected chi connectivity index (χ0v) is 15.6. The zero-order valence-electron chi connectivity index (χ0n) is 15.6. The summed E-state index contributed by atoms with van der Waals surface area (Å²) in [7, 11) is 0. The van der Waals surface area contributed by atoms with E-state index in [-0.39, 0.29) is 0 Å². The monoisotopic (exact) mass is 359 g/mol. The molecular weight excluding hydrogens is 334 g/mol. The third-order valence-electron chi connectivity index (χ3n) is 5.11. The number of benzene rings is 1. The van der Waals surface area contributed by atoms with Crippen LogP contribution in [-0.4, -0.2) is 27.0 Å². The fourth-order valence-corrected chi connectivity index (χ4v) is 3.55. The molecule has 4 rings (SSSR count). The third-order valence-corrected chi connectivity index (χ3v) is 5.11. The minimum atomic E-state index is 0.339. The van der Waals surface area contributed by atoms with Crippen molar-refractivity contribution in [2.75, 3.05) is 5.32 Å². The van der Waals surface area contributed by atoms with Crippen LogP contribution in [0.15, 0.2) is 42.7 Å². The Kier molecular flexibility index (Phi) is 5.12. The Morgan fingerprint density at radius 1 is 1.00 bits per heavy atom. The van der Waals surface area contributed by atoms with E-state index < -0.39 is 0 Å². The summed E-state index contributed by atoms with van der Waals surface area (Å²) in [6.07, 6.45) is 11.8. The standard InChI is InChI=1S/C22H25N5/c1-15-2-8-20-19(14-15)22(25-18-6-4-17(23)5-7-18)27-21(26-20)9-3-16-10-12-24-13-11-16/h2-3,8-14,17-18H,4-7,23H2,1H3,(H,25,26,27)/b9-3+. The molecule has 0 amide bonds. The minimum absolute atomic E-state index is 0.339. The van der Waals surface area contributed by atoms with Gasteiger partial charge in [-0.15, -0.1) is 0 Å². The lowest BCUT2D eigenvalue weighted by Gasteiger charge is -2.27. The van der Waals surface area contributed by atoms with Gasteiger partial charge in [0.15, 0.2) is 5.82 Å². The van der Waals surface area contributed by atoms with Crippen molar-refractivity contribution in [2.24, 2.45) is 5.73 Å². The number of nitrogens with one attached hydrogen (secondary N) is 1. The van der Waals surface area contributed by atoms with Crippen molar-refractivity contribution in [1.82, 2.24) is 15.0 Å². The first-order chi connectivity index (χ1) is 13.2. The van der Waals surface area contributed by atoms with Gasteiger partial charge in [-0.05, 0) is 68.5 Å². The highest BCUT2D eigenvalue weighted by molar-refractivity contribution is 5.90. The molecule has 0 bridgehead atoms. The first kappa shape index (κ1) is 17.6. The second kappa shape index (κ2) is 7.84. The van der Waals surface area contributed by atoms with Crippen molar-refractivity contribution in [3.63, 3.8) is 0 Å². The fourth-order valence-electron chi connectivity index (χ4n) is 3.55. The van der Waals surface area contributed by atoms with Gasteiger partial charge in [0.05, 0.1) is 5.52 Å². The summed E-state index contributed by atoms with van der Waals surface area (Å²) < 4.78 is 0. The second-order valence-corrected chi connectivity index (χ2v) is 7.32. The molecule has 0 atom stereocenters. The smallest absolute Gasteiger partial charge is 0.154 e. The number of fused-ring (bicyclic) bond motifs is 1. The topological polar surface area (TPSA) is 76.7 Å². The Morgan fingerprint density at radius 3 is 2.56 bits per heavy atom. The summed E-state index contributed by atoms with van der Waals surface area (Å²) in [6, 6.07) is 11.0. The molecule has 1 aliphatic carbocycles. The van der Waals surface area contributed by atoms with E-state index in [0.717, 1.165) is 48.0 Å². The minimum Gasteiger partial charge on any atom is -0.367 e. The molecule has 3 N–H and O–H groups in total. The second-order valence-electron chi connectivity index (χ2n) is 7.32. The predicted octanol–water partition coefficient (Wildman–Crippen LogP) is 4.19. The van der Waals surface area contributed by atoms with Gasteiger partial charge in [-0.2, -0.15) is 0 Å². The Hall–Kier alpha value is -2.79. The molecular formula is C22H25N5. The van der Waals surface area contributed by atoms with Crippen molar-refractivity contribution in [1.29, 1.82) is 0 Å². The molecule has 0 spiro atoms. The summed E-state index contributed by atoms with van der Waals surface area (Å²) >= 11 is 0.